The first kappa shape index (κ1) is 11.7. The van der Waals surface area contributed by atoms with Gasteiger partial charge in [-0.15, -0.1) is 24.2 Å². The van der Waals surface area contributed by atoms with Crippen molar-refractivity contribution < 1.29 is 4.74 Å². The van der Waals surface area contributed by atoms with Crippen molar-refractivity contribution in [3.8, 4) is 5.75 Å². The number of hydrogen-bond acceptors (Lipinski definition) is 3. The number of methoxy groups -OCH3 is 1. The number of halogens is 1. The monoisotopic (exact) mass is 231 g/mol. The first-order valence-electron chi connectivity index (χ1n) is 4.39. The molecule has 1 fully saturated rings. The van der Waals surface area contributed by atoms with Crippen molar-refractivity contribution in [3.05, 3.63) is 29.8 Å². The van der Waals surface area contributed by atoms with Gasteiger partial charge in [0.2, 0.25) is 0 Å². The topological polar surface area (TPSA) is 21.3 Å². The maximum atomic E-state index is 5.10. The van der Waals surface area contributed by atoms with Gasteiger partial charge < -0.3 is 10.1 Å². The summed E-state index contributed by atoms with van der Waals surface area (Å²) in [6, 6.07) is 8.26. The Morgan fingerprint density at radius 1 is 1.36 bits per heavy atom. The van der Waals surface area contributed by atoms with Crippen molar-refractivity contribution in [1.29, 1.82) is 0 Å². The molecule has 0 aliphatic carbocycles. The van der Waals surface area contributed by atoms with E-state index in [0.29, 0.717) is 5.37 Å². The van der Waals surface area contributed by atoms with Gasteiger partial charge in [0.1, 0.15) is 5.75 Å². The zero-order valence-electron chi connectivity index (χ0n) is 8.03. The average Bonchev–Trinajstić information content (AvgIpc) is 2.71. The molecule has 1 unspecified atom stereocenters. The highest BCUT2D eigenvalue weighted by Gasteiger charge is 2.15. The molecule has 0 radical (unpaired) electrons. The van der Waals surface area contributed by atoms with E-state index in [9.17, 15) is 0 Å². The van der Waals surface area contributed by atoms with E-state index in [-0.39, 0.29) is 12.4 Å². The molecule has 78 valence electrons. The normalized spacial score (nSPS) is 20.2. The van der Waals surface area contributed by atoms with E-state index < -0.39 is 0 Å². The number of rotatable bonds is 2. The minimum absolute atomic E-state index is 0. The first-order valence-corrected chi connectivity index (χ1v) is 5.44. The second kappa shape index (κ2) is 5.49. The fourth-order valence-electron chi connectivity index (χ4n) is 1.42. The summed E-state index contributed by atoms with van der Waals surface area (Å²) >= 11 is 1.96. The van der Waals surface area contributed by atoms with E-state index in [1.807, 2.05) is 23.9 Å². The second-order valence-electron chi connectivity index (χ2n) is 2.98. The van der Waals surface area contributed by atoms with Crippen LogP contribution in [0.1, 0.15) is 10.9 Å². The number of hydrogen-bond donors (Lipinski definition) is 1. The maximum Gasteiger partial charge on any atom is 0.118 e. The van der Waals surface area contributed by atoms with Gasteiger partial charge in [-0.2, -0.15) is 0 Å². The van der Waals surface area contributed by atoms with Gasteiger partial charge >= 0.3 is 0 Å². The quantitative estimate of drug-likeness (QED) is 0.845. The van der Waals surface area contributed by atoms with E-state index in [1.54, 1.807) is 7.11 Å². The predicted octanol–water partition coefficient (Wildman–Crippen LogP) is 2.45. The third kappa shape index (κ3) is 2.56. The van der Waals surface area contributed by atoms with Gasteiger partial charge in [-0.3, -0.25) is 0 Å². The largest absolute Gasteiger partial charge is 0.497 e. The summed E-state index contributed by atoms with van der Waals surface area (Å²) < 4.78 is 5.10. The van der Waals surface area contributed by atoms with Crippen LogP contribution in [-0.2, 0) is 0 Å². The van der Waals surface area contributed by atoms with Crippen molar-refractivity contribution in [2.24, 2.45) is 0 Å². The summed E-state index contributed by atoms with van der Waals surface area (Å²) in [6.45, 7) is 1.11. The fourth-order valence-corrected chi connectivity index (χ4v) is 2.48. The van der Waals surface area contributed by atoms with Crippen molar-refractivity contribution in [2.75, 3.05) is 19.4 Å². The number of benzene rings is 1. The Bertz CT molecular complexity index is 272. The molecule has 2 rings (SSSR count). The summed E-state index contributed by atoms with van der Waals surface area (Å²) in [5.41, 5.74) is 1.34. The molecule has 0 spiro atoms. The van der Waals surface area contributed by atoms with Gasteiger partial charge in [-0.25, -0.2) is 0 Å². The fraction of sp³-hybridized carbons (Fsp3) is 0.400. The van der Waals surface area contributed by atoms with Crippen LogP contribution in [0, 0.1) is 0 Å². The molecular weight excluding hydrogens is 218 g/mol. The van der Waals surface area contributed by atoms with Crippen molar-refractivity contribution >= 4 is 24.2 Å². The lowest BCUT2D eigenvalue weighted by molar-refractivity contribution is 0.414. The lowest BCUT2D eigenvalue weighted by Crippen LogP contribution is -2.11. The lowest BCUT2D eigenvalue weighted by atomic mass is 10.2. The number of thioether (sulfide) groups is 1. The van der Waals surface area contributed by atoms with Crippen LogP contribution in [0.15, 0.2) is 24.3 Å². The summed E-state index contributed by atoms with van der Waals surface area (Å²) in [5.74, 6) is 2.13. The third-order valence-electron chi connectivity index (χ3n) is 2.13. The SMILES string of the molecule is COc1ccc(C2NCCS2)cc1.Cl. The van der Waals surface area contributed by atoms with Crippen molar-refractivity contribution in [2.45, 2.75) is 5.37 Å². The Morgan fingerprint density at radius 2 is 2.07 bits per heavy atom. The molecule has 0 bridgehead atoms. The van der Waals surface area contributed by atoms with E-state index in [0.717, 1.165) is 12.3 Å². The molecule has 0 amide bonds. The second-order valence-corrected chi connectivity index (χ2v) is 4.19. The highest BCUT2D eigenvalue weighted by Crippen LogP contribution is 2.30. The minimum Gasteiger partial charge on any atom is -0.497 e. The van der Waals surface area contributed by atoms with E-state index in [1.165, 1.54) is 11.3 Å². The Hall–Kier alpha value is -0.380. The highest BCUT2D eigenvalue weighted by atomic mass is 35.5. The Labute approximate surface area is 94.8 Å². The average molecular weight is 232 g/mol. The zero-order valence-corrected chi connectivity index (χ0v) is 9.66. The van der Waals surface area contributed by atoms with Crippen LogP contribution >= 0.6 is 24.2 Å². The molecule has 1 aliphatic rings. The molecule has 1 heterocycles. The van der Waals surface area contributed by atoms with Gasteiger partial charge in [0, 0.05) is 12.3 Å². The lowest BCUT2D eigenvalue weighted by Gasteiger charge is -2.09. The minimum atomic E-state index is 0. The molecule has 1 atom stereocenters. The molecule has 1 saturated heterocycles. The van der Waals surface area contributed by atoms with Gasteiger partial charge in [0.05, 0.1) is 12.5 Å². The molecule has 1 aliphatic heterocycles. The van der Waals surface area contributed by atoms with Crippen LogP contribution in [0.25, 0.3) is 0 Å². The van der Waals surface area contributed by atoms with Crippen LogP contribution < -0.4 is 10.1 Å². The standard InChI is InChI=1S/C10H13NOS.ClH/c1-12-9-4-2-8(3-5-9)10-11-6-7-13-10;/h2-5,10-11H,6-7H2,1H3;1H. The molecular formula is C10H14ClNOS. The molecule has 0 aromatic heterocycles. The van der Waals surface area contributed by atoms with E-state index in [2.05, 4.69) is 17.4 Å². The summed E-state index contributed by atoms with van der Waals surface area (Å²) in [6.07, 6.45) is 0. The predicted molar refractivity (Wildman–Crippen MR) is 63.4 cm³/mol. The molecule has 1 N–H and O–H groups in total. The maximum absolute atomic E-state index is 5.10. The molecule has 1 aromatic carbocycles. The highest BCUT2D eigenvalue weighted by molar-refractivity contribution is 7.99. The van der Waals surface area contributed by atoms with E-state index in [4.69, 9.17) is 4.74 Å². The van der Waals surface area contributed by atoms with Gasteiger partial charge in [0.15, 0.2) is 0 Å². The van der Waals surface area contributed by atoms with Crippen molar-refractivity contribution in [3.63, 3.8) is 0 Å². The Kier molecular flexibility index (Phi) is 4.58. The molecule has 1 aromatic rings. The van der Waals surface area contributed by atoms with Gasteiger partial charge in [0.25, 0.3) is 0 Å². The van der Waals surface area contributed by atoms with Crippen LogP contribution in [-0.4, -0.2) is 19.4 Å². The first-order chi connectivity index (χ1) is 6.40. The van der Waals surface area contributed by atoms with Crippen LogP contribution in [0.2, 0.25) is 0 Å². The molecule has 2 nitrogen and oxygen atoms in total. The summed E-state index contributed by atoms with van der Waals surface area (Å²) in [5, 5.41) is 3.91. The zero-order chi connectivity index (χ0) is 9.10. The van der Waals surface area contributed by atoms with Crippen molar-refractivity contribution in [1.82, 2.24) is 5.32 Å². The smallest absolute Gasteiger partial charge is 0.118 e. The van der Waals surface area contributed by atoms with E-state index >= 15 is 0 Å². The molecule has 0 saturated carbocycles. The van der Waals surface area contributed by atoms with Gasteiger partial charge in [-0.05, 0) is 17.7 Å². The van der Waals surface area contributed by atoms with Crippen LogP contribution in [0.5, 0.6) is 5.75 Å². The van der Waals surface area contributed by atoms with Crippen LogP contribution in [0.4, 0.5) is 0 Å². The molecule has 4 heteroatoms. The summed E-state index contributed by atoms with van der Waals surface area (Å²) in [4.78, 5) is 0. The molecule has 14 heavy (non-hydrogen) atoms. The summed E-state index contributed by atoms with van der Waals surface area (Å²) in [7, 11) is 1.69. The van der Waals surface area contributed by atoms with Crippen LogP contribution in [0.3, 0.4) is 0 Å². The Balaban J connectivity index is 0.000000980. The number of nitrogens with one attached hydrogen (secondary N) is 1. The number of ether oxygens (including phenoxy) is 1. The third-order valence-corrected chi connectivity index (χ3v) is 3.35. The Morgan fingerprint density at radius 3 is 2.57 bits per heavy atom. The van der Waals surface area contributed by atoms with Gasteiger partial charge in [-0.1, -0.05) is 12.1 Å².